The molecule has 0 N–H and O–H groups in total. The lowest BCUT2D eigenvalue weighted by Gasteiger charge is -2.27. The van der Waals surface area contributed by atoms with Gasteiger partial charge in [-0.25, -0.2) is 4.39 Å². The van der Waals surface area contributed by atoms with E-state index in [1.165, 1.54) is 6.07 Å². The van der Waals surface area contributed by atoms with Gasteiger partial charge in [0.1, 0.15) is 5.75 Å². The van der Waals surface area contributed by atoms with Crippen molar-refractivity contribution in [2.24, 2.45) is 5.92 Å². The molecule has 0 aliphatic carbocycles. The first-order valence-electron chi connectivity index (χ1n) is 10.7. The van der Waals surface area contributed by atoms with Crippen LogP contribution in [0.5, 0.6) is 11.5 Å². The first-order chi connectivity index (χ1) is 14.6. The summed E-state index contributed by atoms with van der Waals surface area (Å²) in [4.78, 5) is 0. The monoisotopic (exact) mass is 416 g/mol. The Hall–Kier alpha value is -2.40. The first-order valence-corrected chi connectivity index (χ1v) is 10.7. The van der Waals surface area contributed by atoms with Crippen LogP contribution in [-0.4, -0.2) is 25.9 Å². The summed E-state index contributed by atoms with van der Waals surface area (Å²) in [5.74, 6) is -0.825. The van der Waals surface area contributed by atoms with Gasteiger partial charge in [-0.2, -0.15) is 4.39 Å². The van der Waals surface area contributed by atoms with Crippen LogP contribution in [0.15, 0.2) is 48.6 Å². The van der Waals surface area contributed by atoms with Crippen LogP contribution in [-0.2, 0) is 4.74 Å². The van der Waals surface area contributed by atoms with Gasteiger partial charge in [-0.1, -0.05) is 37.6 Å². The number of hydrogen-bond donors (Lipinski definition) is 0. The van der Waals surface area contributed by atoms with Gasteiger partial charge in [0.25, 0.3) is 0 Å². The highest BCUT2D eigenvalue weighted by atomic mass is 19.2. The summed E-state index contributed by atoms with van der Waals surface area (Å²) < 4.78 is 45.9. The normalized spacial score (nSPS) is 19.2. The summed E-state index contributed by atoms with van der Waals surface area (Å²) in [5.41, 5.74) is 0.798. The van der Waals surface area contributed by atoms with E-state index in [1.807, 2.05) is 19.9 Å². The molecule has 0 saturated carbocycles. The molecule has 2 aromatic rings. The third kappa shape index (κ3) is 5.82. The van der Waals surface area contributed by atoms with Crippen molar-refractivity contribution in [1.29, 1.82) is 0 Å². The molecule has 0 spiro atoms. The Morgan fingerprint density at radius 3 is 2.50 bits per heavy atom. The number of halogens is 2. The molecule has 3 rings (SSSR count). The van der Waals surface area contributed by atoms with Gasteiger partial charge in [-0.15, -0.1) is 0 Å². The number of ether oxygens (including phenoxy) is 3. The molecule has 1 aliphatic heterocycles. The van der Waals surface area contributed by atoms with Crippen molar-refractivity contribution in [2.75, 3.05) is 19.8 Å². The summed E-state index contributed by atoms with van der Waals surface area (Å²) in [6, 6.07) is 10.1. The summed E-state index contributed by atoms with van der Waals surface area (Å²) in [6.45, 7) is 5.65. The van der Waals surface area contributed by atoms with Crippen LogP contribution in [0.1, 0.15) is 39.5 Å². The van der Waals surface area contributed by atoms with Gasteiger partial charge in [0.2, 0.25) is 5.82 Å². The number of benzene rings is 2. The highest BCUT2D eigenvalue weighted by Crippen LogP contribution is 2.31. The van der Waals surface area contributed by atoms with Gasteiger partial charge in [0.05, 0.1) is 25.9 Å². The van der Waals surface area contributed by atoms with Crippen molar-refractivity contribution < 1.29 is 23.0 Å². The second-order valence-corrected chi connectivity index (χ2v) is 7.62. The second-order valence-electron chi connectivity index (χ2n) is 7.62. The molecule has 30 heavy (non-hydrogen) atoms. The third-order valence-corrected chi connectivity index (χ3v) is 5.27. The Labute approximate surface area is 177 Å². The van der Waals surface area contributed by atoms with Gasteiger partial charge in [-0.05, 0) is 56.0 Å². The van der Waals surface area contributed by atoms with Crippen molar-refractivity contribution >= 4 is 0 Å². The minimum absolute atomic E-state index is 0.0454. The zero-order chi connectivity index (χ0) is 21.3. The van der Waals surface area contributed by atoms with Gasteiger partial charge in [0.15, 0.2) is 11.6 Å². The average molecular weight is 417 g/mol. The molecule has 3 nitrogen and oxygen atoms in total. The molecule has 1 fully saturated rings. The third-order valence-electron chi connectivity index (χ3n) is 5.27. The molecule has 5 heteroatoms. The van der Waals surface area contributed by atoms with E-state index in [0.717, 1.165) is 25.7 Å². The maximum atomic E-state index is 14.5. The minimum Gasteiger partial charge on any atom is -0.493 e. The van der Waals surface area contributed by atoms with Crippen LogP contribution in [0.25, 0.3) is 11.1 Å². The van der Waals surface area contributed by atoms with E-state index < -0.39 is 11.6 Å². The van der Waals surface area contributed by atoms with Crippen molar-refractivity contribution in [3.05, 3.63) is 60.2 Å². The highest BCUT2D eigenvalue weighted by molar-refractivity contribution is 5.66. The molecule has 2 aromatic carbocycles. The number of rotatable bonds is 9. The molecule has 162 valence electrons. The van der Waals surface area contributed by atoms with Crippen LogP contribution in [0.4, 0.5) is 8.78 Å². The molecule has 1 heterocycles. The smallest absolute Gasteiger partial charge is 0.201 e. The lowest BCUT2D eigenvalue weighted by Crippen LogP contribution is -2.28. The average Bonchev–Trinajstić information content (AvgIpc) is 2.77. The lowest BCUT2D eigenvalue weighted by atomic mass is 9.99. The Morgan fingerprint density at radius 2 is 1.83 bits per heavy atom. The maximum absolute atomic E-state index is 14.5. The van der Waals surface area contributed by atoms with Crippen LogP contribution in [0.2, 0.25) is 0 Å². The predicted molar refractivity (Wildman–Crippen MR) is 115 cm³/mol. The van der Waals surface area contributed by atoms with Gasteiger partial charge >= 0.3 is 0 Å². The number of allylic oxidation sites excluding steroid dienone is 1. The SMILES string of the molecule is CC=CC1CCC(COc2ccc(-c3ccc(OCCCC)c(F)c3F)cc2)CO1. The topological polar surface area (TPSA) is 27.7 Å². The molecule has 0 radical (unpaired) electrons. The fourth-order valence-electron chi connectivity index (χ4n) is 3.46. The Balaban J connectivity index is 1.57. The van der Waals surface area contributed by atoms with Crippen LogP contribution >= 0.6 is 0 Å². The molecule has 0 bridgehead atoms. The van der Waals surface area contributed by atoms with E-state index in [2.05, 4.69) is 6.08 Å². The zero-order valence-electron chi connectivity index (χ0n) is 17.7. The van der Waals surface area contributed by atoms with Crippen molar-refractivity contribution in [3.8, 4) is 22.6 Å². The molecular formula is C25H30F2O3. The highest BCUT2D eigenvalue weighted by Gasteiger charge is 2.20. The molecule has 1 saturated heterocycles. The van der Waals surface area contributed by atoms with Crippen molar-refractivity contribution in [2.45, 2.75) is 45.6 Å². The van der Waals surface area contributed by atoms with Crippen LogP contribution in [0, 0.1) is 17.6 Å². The van der Waals surface area contributed by atoms with E-state index in [4.69, 9.17) is 14.2 Å². The molecular weight excluding hydrogens is 386 g/mol. The maximum Gasteiger partial charge on any atom is 0.201 e. The number of unbranched alkanes of at least 4 members (excludes halogenated alkanes) is 1. The number of hydrogen-bond acceptors (Lipinski definition) is 3. The first kappa shape index (κ1) is 22.3. The summed E-state index contributed by atoms with van der Waals surface area (Å²) in [6.07, 6.45) is 8.11. The Bertz CT molecular complexity index is 825. The standard InChI is InChI=1S/C25H30F2O3/c1-3-5-15-28-23-14-13-22(24(26)25(23)27)19-8-11-21(12-9-19)30-17-18-7-10-20(6-4-2)29-16-18/h4,6,8-9,11-14,18,20H,3,5,7,10,15-17H2,1-2H3. The van der Waals surface area contributed by atoms with Gasteiger partial charge in [0, 0.05) is 11.5 Å². The van der Waals surface area contributed by atoms with Crippen LogP contribution < -0.4 is 9.47 Å². The molecule has 1 aliphatic rings. The Morgan fingerprint density at radius 1 is 1.03 bits per heavy atom. The molecule has 2 atom stereocenters. The molecule has 0 aromatic heterocycles. The van der Waals surface area contributed by atoms with E-state index in [0.29, 0.717) is 37.1 Å². The predicted octanol–water partition coefficient (Wildman–Crippen LogP) is 6.56. The molecule has 0 amide bonds. The van der Waals surface area contributed by atoms with Crippen molar-refractivity contribution in [3.63, 3.8) is 0 Å². The van der Waals surface area contributed by atoms with Gasteiger partial charge < -0.3 is 14.2 Å². The second kappa shape index (κ2) is 11.1. The lowest BCUT2D eigenvalue weighted by molar-refractivity contribution is -0.00304. The zero-order valence-corrected chi connectivity index (χ0v) is 17.7. The van der Waals surface area contributed by atoms with Gasteiger partial charge in [-0.3, -0.25) is 0 Å². The summed E-state index contributed by atoms with van der Waals surface area (Å²) in [7, 11) is 0. The van der Waals surface area contributed by atoms with Crippen LogP contribution in [0.3, 0.4) is 0 Å². The van der Waals surface area contributed by atoms with Crippen molar-refractivity contribution in [1.82, 2.24) is 0 Å². The van der Waals surface area contributed by atoms with E-state index in [9.17, 15) is 8.78 Å². The minimum atomic E-state index is -0.947. The van der Waals surface area contributed by atoms with E-state index >= 15 is 0 Å². The summed E-state index contributed by atoms with van der Waals surface area (Å²) >= 11 is 0. The largest absolute Gasteiger partial charge is 0.493 e. The molecule has 2 unspecified atom stereocenters. The summed E-state index contributed by atoms with van der Waals surface area (Å²) in [5, 5.41) is 0. The van der Waals surface area contributed by atoms with E-state index in [1.54, 1.807) is 30.3 Å². The quantitative estimate of drug-likeness (QED) is 0.342. The fourth-order valence-corrected chi connectivity index (χ4v) is 3.46. The fraction of sp³-hybridized carbons (Fsp3) is 0.440. The van der Waals surface area contributed by atoms with E-state index in [-0.39, 0.29) is 17.4 Å². The Kier molecular flexibility index (Phi) is 8.26.